The molecule has 14 heavy (non-hydrogen) atoms. The van der Waals surface area contributed by atoms with Crippen molar-refractivity contribution in [3.05, 3.63) is 0 Å². The molecule has 0 aromatic rings. The van der Waals surface area contributed by atoms with E-state index in [1.165, 1.54) is 6.26 Å². The zero-order valence-electron chi connectivity index (χ0n) is 9.12. The first kappa shape index (κ1) is 11.9. The Kier molecular flexibility index (Phi) is 3.55. The van der Waals surface area contributed by atoms with Crippen LogP contribution in [-0.4, -0.2) is 45.8 Å². The first-order chi connectivity index (χ1) is 6.37. The first-order valence-electron chi connectivity index (χ1n) is 4.81. The second-order valence-corrected chi connectivity index (χ2v) is 6.39. The Balaban J connectivity index is 2.54. The lowest BCUT2D eigenvalue weighted by Crippen LogP contribution is -2.43. The molecule has 1 heterocycles. The maximum absolute atomic E-state index is 11.2. The van der Waals surface area contributed by atoms with Crippen molar-refractivity contribution < 1.29 is 13.2 Å². The molecular formula is C9H19NO3S. The molecule has 5 heteroatoms. The van der Waals surface area contributed by atoms with Gasteiger partial charge in [-0.25, -0.2) is 12.7 Å². The third-order valence-corrected chi connectivity index (χ3v) is 4.19. The van der Waals surface area contributed by atoms with Gasteiger partial charge in [-0.1, -0.05) is 6.92 Å². The van der Waals surface area contributed by atoms with E-state index in [0.717, 1.165) is 12.8 Å². The lowest BCUT2D eigenvalue weighted by Gasteiger charge is -2.37. The van der Waals surface area contributed by atoms with Crippen molar-refractivity contribution >= 4 is 10.0 Å². The fourth-order valence-electron chi connectivity index (χ4n) is 1.85. The first-order valence-corrected chi connectivity index (χ1v) is 6.66. The summed E-state index contributed by atoms with van der Waals surface area (Å²) in [5.41, 5.74) is 0.149. The summed E-state index contributed by atoms with van der Waals surface area (Å²) in [6.45, 7) is 4.11. The van der Waals surface area contributed by atoms with E-state index in [2.05, 4.69) is 6.92 Å². The number of piperidine rings is 1. The minimum absolute atomic E-state index is 0.149. The van der Waals surface area contributed by atoms with Crippen LogP contribution in [0.1, 0.15) is 19.8 Å². The highest BCUT2D eigenvalue weighted by molar-refractivity contribution is 7.88. The van der Waals surface area contributed by atoms with Crippen molar-refractivity contribution in [3.63, 3.8) is 0 Å². The molecule has 0 bridgehead atoms. The van der Waals surface area contributed by atoms with E-state index in [1.54, 1.807) is 11.4 Å². The Morgan fingerprint density at radius 3 is 2.21 bits per heavy atom. The van der Waals surface area contributed by atoms with Crippen molar-refractivity contribution in [1.29, 1.82) is 0 Å². The van der Waals surface area contributed by atoms with E-state index < -0.39 is 10.0 Å². The van der Waals surface area contributed by atoms with Crippen LogP contribution in [0.2, 0.25) is 0 Å². The molecule has 0 aliphatic carbocycles. The van der Waals surface area contributed by atoms with Gasteiger partial charge in [-0.3, -0.25) is 0 Å². The number of rotatable bonds is 3. The van der Waals surface area contributed by atoms with Gasteiger partial charge in [0.05, 0.1) is 12.9 Å². The van der Waals surface area contributed by atoms with E-state index in [0.29, 0.717) is 19.7 Å². The molecule has 0 amide bonds. The third-order valence-electron chi connectivity index (χ3n) is 2.89. The van der Waals surface area contributed by atoms with Crippen LogP contribution >= 0.6 is 0 Å². The van der Waals surface area contributed by atoms with Crippen LogP contribution in [0.4, 0.5) is 0 Å². The topological polar surface area (TPSA) is 46.6 Å². The molecule has 0 radical (unpaired) electrons. The van der Waals surface area contributed by atoms with E-state index in [4.69, 9.17) is 4.74 Å². The molecule has 1 aliphatic rings. The van der Waals surface area contributed by atoms with E-state index in [9.17, 15) is 8.42 Å². The van der Waals surface area contributed by atoms with Gasteiger partial charge in [-0.15, -0.1) is 0 Å². The maximum atomic E-state index is 11.2. The van der Waals surface area contributed by atoms with Crippen LogP contribution in [0.5, 0.6) is 0 Å². The quantitative estimate of drug-likeness (QED) is 0.704. The molecule has 1 rings (SSSR count). The fourth-order valence-corrected chi connectivity index (χ4v) is 2.70. The Morgan fingerprint density at radius 2 is 1.86 bits per heavy atom. The summed E-state index contributed by atoms with van der Waals surface area (Å²) in [6.07, 6.45) is 3.04. The normalized spacial score (nSPS) is 23.6. The van der Waals surface area contributed by atoms with Crippen molar-refractivity contribution in [2.24, 2.45) is 5.41 Å². The molecule has 1 aliphatic heterocycles. The van der Waals surface area contributed by atoms with Crippen LogP contribution in [-0.2, 0) is 14.8 Å². The zero-order chi connectivity index (χ0) is 10.8. The lowest BCUT2D eigenvalue weighted by atomic mass is 9.82. The largest absolute Gasteiger partial charge is 0.384 e. The minimum Gasteiger partial charge on any atom is -0.384 e. The molecule has 0 aromatic heterocycles. The minimum atomic E-state index is -3.00. The number of ether oxygens (including phenoxy) is 1. The van der Waals surface area contributed by atoms with Crippen molar-refractivity contribution in [3.8, 4) is 0 Å². The van der Waals surface area contributed by atoms with Crippen molar-refractivity contribution in [2.45, 2.75) is 19.8 Å². The number of nitrogens with zero attached hydrogens (tertiary/aromatic N) is 1. The molecule has 1 saturated heterocycles. The predicted molar refractivity (Wildman–Crippen MR) is 55.6 cm³/mol. The van der Waals surface area contributed by atoms with Gasteiger partial charge < -0.3 is 4.74 Å². The average Bonchev–Trinajstić information content (AvgIpc) is 2.03. The lowest BCUT2D eigenvalue weighted by molar-refractivity contribution is 0.0532. The Labute approximate surface area is 86.3 Å². The van der Waals surface area contributed by atoms with Crippen LogP contribution in [0.15, 0.2) is 0 Å². The summed E-state index contributed by atoms with van der Waals surface area (Å²) in [7, 11) is -1.31. The van der Waals surface area contributed by atoms with E-state index >= 15 is 0 Å². The highest BCUT2D eigenvalue weighted by Gasteiger charge is 2.32. The second-order valence-electron chi connectivity index (χ2n) is 4.41. The number of sulfonamides is 1. The molecule has 0 N–H and O–H groups in total. The van der Waals surface area contributed by atoms with Crippen LogP contribution in [0.3, 0.4) is 0 Å². The van der Waals surface area contributed by atoms with Gasteiger partial charge >= 0.3 is 0 Å². The maximum Gasteiger partial charge on any atom is 0.211 e. The predicted octanol–water partition coefficient (Wildman–Crippen LogP) is 0.694. The van der Waals surface area contributed by atoms with Crippen LogP contribution < -0.4 is 0 Å². The molecule has 4 nitrogen and oxygen atoms in total. The Morgan fingerprint density at radius 1 is 1.36 bits per heavy atom. The molecular weight excluding hydrogens is 202 g/mol. The smallest absolute Gasteiger partial charge is 0.211 e. The zero-order valence-corrected chi connectivity index (χ0v) is 9.93. The number of hydrogen-bond donors (Lipinski definition) is 0. The van der Waals surface area contributed by atoms with Crippen LogP contribution in [0, 0.1) is 5.41 Å². The van der Waals surface area contributed by atoms with Crippen molar-refractivity contribution in [1.82, 2.24) is 4.31 Å². The van der Waals surface area contributed by atoms with Gasteiger partial charge in [0.2, 0.25) is 10.0 Å². The Hall–Kier alpha value is -0.130. The van der Waals surface area contributed by atoms with Crippen molar-refractivity contribution in [2.75, 3.05) is 33.1 Å². The second kappa shape index (κ2) is 4.16. The fraction of sp³-hybridized carbons (Fsp3) is 1.00. The van der Waals surface area contributed by atoms with Gasteiger partial charge in [0.25, 0.3) is 0 Å². The molecule has 0 aromatic carbocycles. The van der Waals surface area contributed by atoms with Gasteiger partial charge in [0.1, 0.15) is 0 Å². The summed E-state index contributed by atoms with van der Waals surface area (Å²) in [4.78, 5) is 0. The summed E-state index contributed by atoms with van der Waals surface area (Å²) < 4.78 is 29.2. The highest BCUT2D eigenvalue weighted by Crippen LogP contribution is 2.31. The highest BCUT2D eigenvalue weighted by atomic mass is 32.2. The van der Waals surface area contributed by atoms with E-state index in [1.807, 2.05) is 0 Å². The van der Waals surface area contributed by atoms with Gasteiger partial charge in [0, 0.05) is 20.2 Å². The summed E-state index contributed by atoms with van der Waals surface area (Å²) in [6, 6.07) is 0. The van der Waals surface area contributed by atoms with Gasteiger partial charge in [0.15, 0.2) is 0 Å². The van der Waals surface area contributed by atoms with Crippen LogP contribution in [0.25, 0.3) is 0 Å². The summed E-state index contributed by atoms with van der Waals surface area (Å²) in [5.74, 6) is 0. The molecule has 0 spiro atoms. The van der Waals surface area contributed by atoms with Gasteiger partial charge in [-0.05, 0) is 18.3 Å². The molecule has 0 atom stereocenters. The molecule has 84 valence electrons. The van der Waals surface area contributed by atoms with Gasteiger partial charge in [-0.2, -0.15) is 0 Å². The average molecular weight is 221 g/mol. The summed E-state index contributed by atoms with van der Waals surface area (Å²) >= 11 is 0. The molecule has 0 saturated carbocycles. The SMILES string of the molecule is COCC1(C)CCN(S(C)(=O)=O)CC1. The molecule has 1 fully saturated rings. The molecule has 0 unspecified atom stereocenters. The monoisotopic (exact) mass is 221 g/mol. The third kappa shape index (κ3) is 2.93. The summed E-state index contributed by atoms with van der Waals surface area (Å²) in [5, 5.41) is 0. The van der Waals surface area contributed by atoms with E-state index in [-0.39, 0.29) is 5.41 Å². The number of hydrogen-bond acceptors (Lipinski definition) is 3. The number of methoxy groups -OCH3 is 1. The Bertz CT molecular complexity index is 278. The standard InChI is InChI=1S/C9H19NO3S/c1-9(8-13-2)4-6-10(7-5-9)14(3,11)12/h4-8H2,1-3H3.